The summed E-state index contributed by atoms with van der Waals surface area (Å²) in [5.41, 5.74) is 0. The number of rotatable bonds is 3. The Hall–Kier alpha value is -1.44. The Labute approximate surface area is 128 Å². The number of nitrogens with zero attached hydrogens (tertiary/aromatic N) is 1. The van der Waals surface area contributed by atoms with Crippen molar-refractivity contribution in [3.63, 3.8) is 0 Å². The van der Waals surface area contributed by atoms with E-state index in [2.05, 4.69) is 10.6 Å². The topological polar surface area (TPSA) is 87.7 Å². The smallest absolute Gasteiger partial charge is 0.409 e. The van der Waals surface area contributed by atoms with Crippen LogP contribution >= 0.6 is 11.8 Å². The molecule has 2 fully saturated rings. The van der Waals surface area contributed by atoms with E-state index in [4.69, 9.17) is 4.74 Å². The summed E-state index contributed by atoms with van der Waals surface area (Å²) >= 11 is 1.47. The highest BCUT2D eigenvalue weighted by Crippen LogP contribution is 2.13. The minimum atomic E-state index is -0.445. The largest absolute Gasteiger partial charge is 0.450 e. The van der Waals surface area contributed by atoms with E-state index in [1.54, 1.807) is 11.8 Å². The fourth-order valence-electron chi connectivity index (χ4n) is 2.41. The molecule has 118 valence electrons. The van der Waals surface area contributed by atoms with Crippen molar-refractivity contribution in [1.82, 2.24) is 15.5 Å². The van der Waals surface area contributed by atoms with Crippen LogP contribution in [0.1, 0.15) is 19.8 Å². The average Bonchev–Trinajstić information content (AvgIpc) is 2.48. The van der Waals surface area contributed by atoms with E-state index in [0.717, 1.165) is 0 Å². The van der Waals surface area contributed by atoms with E-state index in [9.17, 15) is 14.4 Å². The van der Waals surface area contributed by atoms with Gasteiger partial charge in [-0.05, 0) is 19.8 Å². The van der Waals surface area contributed by atoms with Crippen LogP contribution < -0.4 is 10.6 Å². The van der Waals surface area contributed by atoms with Crippen LogP contribution in [0.3, 0.4) is 0 Å². The summed E-state index contributed by atoms with van der Waals surface area (Å²) < 4.78 is 4.95. The van der Waals surface area contributed by atoms with Gasteiger partial charge in [-0.1, -0.05) is 0 Å². The van der Waals surface area contributed by atoms with Gasteiger partial charge in [0.1, 0.15) is 6.04 Å². The summed E-state index contributed by atoms with van der Waals surface area (Å²) in [6.45, 7) is 3.31. The molecule has 0 saturated carbocycles. The molecule has 0 aromatic rings. The minimum Gasteiger partial charge on any atom is -0.450 e. The number of thioether (sulfide) groups is 1. The van der Waals surface area contributed by atoms with Crippen LogP contribution in [0.2, 0.25) is 0 Å². The lowest BCUT2D eigenvalue weighted by Crippen LogP contribution is -2.55. The Kier molecular flexibility index (Phi) is 5.72. The maximum atomic E-state index is 12.1. The molecule has 0 radical (unpaired) electrons. The molecule has 0 aromatic heterocycles. The number of nitrogens with one attached hydrogen (secondary N) is 2. The summed E-state index contributed by atoms with van der Waals surface area (Å²) in [5, 5.41) is 5.65. The van der Waals surface area contributed by atoms with Crippen LogP contribution in [0.5, 0.6) is 0 Å². The highest BCUT2D eigenvalue weighted by atomic mass is 32.2. The molecular weight excluding hydrogens is 294 g/mol. The average molecular weight is 315 g/mol. The lowest BCUT2D eigenvalue weighted by Gasteiger charge is -2.32. The molecule has 0 spiro atoms. The molecule has 2 heterocycles. The molecule has 3 amide bonds. The summed E-state index contributed by atoms with van der Waals surface area (Å²) in [6, 6.07) is -0.397. The number of hydrogen-bond donors (Lipinski definition) is 2. The molecule has 1 unspecified atom stereocenters. The van der Waals surface area contributed by atoms with Gasteiger partial charge in [-0.15, -0.1) is 11.8 Å². The maximum absolute atomic E-state index is 12.1. The molecule has 8 heteroatoms. The van der Waals surface area contributed by atoms with E-state index in [-0.39, 0.29) is 23.9 Å². The van der Waals surface area contributed by atoms with Gasteiger partial charge in [0, 0.05) is 24.9 Å². The third kappa shape index (κ3) is 4.52. The fourth-order valence-corrected chi connectivity index (χ4v) is 3.27. The van der Waals surface area contributed by atoms with Crippen LogP contribution in [0.4, 0.5) is 4.79 Å². The molecule has 21 heavy (non-hydrogen) atoms. The van der Waals surface area contributed by atoms with Gasteiger partial charge in [-0.3, -0.25) is 9.59 Å². The second-order valence-corrected chi connectivity index (χ2v) is 6.13. The van der Waals surface area contributed by atoms with Gasteiger partial charge in [0.15, 0.2) is 0 Å². The summed E-state index contributed by atoms with van der Waals surface area (Å²) in [6.07, 6.45) is 1.12. The first kappa shape index (κ1) is 15.9. The first-order valence-electron chi connectivity index (χ1n) is 7.19. The molecule has 2 N–H and O–H groups in total. The standard InChI is InChI=1S/C13H21N3O4S/c1-2-20-13(19)16-5-3-9(4-6-16)14-12(18)10-7-21-8-11(17)15-10/h9-10H,2-8H2,1H3,(H,14,18)(H,15,17). The molecule has 0 aliphatic carbocycles. The minimum absolute atomic E-state index is 0.0482. The molecular formula is C13H21N3O4S. The number of ether oxygens (including phenoxy) is 1. The number of likely N-dealkylation sites (tertiary alicyclic amines) is 1. The van der Waals surface area contributed by atoms with Crippen LogP contribution in [-0.4, -0.2) is 66.1 Å². The Morgan fingerprint density at radius 1 is 1.43 bits per heavy atom. The lowest BCUT2D eigenvalue weighted by molar-refractivity contribution is -0.128. The highest BCUT2D eigenvalue weighted by molar-refractivity contribution is 8.00. The van der Waals surface area contributed by atoms with E-state index >= 15 is 0 Å². The Balaban J connectivity index is 1.74. The predicted molar refractivity (Wildman–Crippen MR) is 79.0 cm³/mol. The van der Waals surface area contributed by atoms with Crippen molar-refractivity contribution in [2.75, 3.05) is 31.2 Å². The Bertz CT molecular complexity index is 410. The van der Waals surface area contributed by atoms with E-state index in [0.29, 0.717) is 44.0 Å². The normalized spacial score (nSPS) is 23.4. The number of hydrogen-bond acceptors (Lipinski definition) is 5. The van der Waals surface area contributed by atoms with Gasteiger partial charge in [0.25, 0.3) is 0 Å². The monoisotopic (exact) mass is 315 g/mol. The van der Waals surface area contributed by atoms with Crippen molar-refractivity contribution < 1.29 is 19.1 Å². The quantitative estimate of drug-likeness (QED) is 0.763. The third-order valence-corrected chi connectivity index (χ3v) is 4.57. The van der Waals surface area contributed by atoms with Crippen LogP contribution in [0.15, 0.2) is 0 Å². The van der Waals surface area contributed by atoms with Crippen molar-refractivity contribution in [3.8, 4) is 0 Å². The van der Waals surface area contributed by atoms with Gasteiger partial charge in [-0.2, -0.15) is 0 Å². The summed E-state index contributed by atoms with van der Waals surface area (Å²) in [5.74, 6) is 0.801. The number of carbonyl (C=O) groups excluding carboxylic acids is 3. The third-order valence-electron chi connectivity index (χ3n) is 3.54. The van der Waals surface area contributed by atoms with Crippen LogP contribution in [-0.2, 0) is 14.3 Å². The van der Waals surface area contributed by atoms with Crippen molar-refractivity contribution in [2.45, 2.75) is 31.8 Å². The fraction of sp³-hybridized carbons (Fsp3) is 0.769. The zero-order valence-corrected chi connectivity index (χ0v) is 12.9. The zero-order chi connectivity index (χ0) is 15.2. The molecule has 0 aromatic carbocycles. The second kappa shape index (κ2) is 7.53. The molecule has 1 atom stereocenters. The van der Waals surface area contributed by atoms with Crippen molar-refractivity contribution in [3.05, 3.63) is 0 Å². The van der Waals surface area contributed by atoms with Gasteiger partial charge in [0.2, 0.25) is 11.8 Å². The zero-order valence-electron chi connectivity index (χ0n) is 12.1. The van der Waals surface area contributed by atoms with Crippen molar-refractivity contribution >= 4 is 29.7 Å². The molecule has 2 aliphatic heterocycles. The van der Waals surface area contributed by atoms with E-state index < -0.39 is 6.04 Å². The highest BCUT2D eigenvalue weighted by Gasteiger charge is 2.29. The first-order valence-corrected chi connectivity index (χ1v) is 8.34. The van der Waals surface area contributed by atoms with Crippen LogP contribution in [0.25, 0.3) is 0 Å². The lowest BCUT2D eigenvalue weighted by atomic mass is 10.0. The molecule has 2 aliphatic rings. The predicted octanol–water partition coefficient (Wildman–Crippen LogP) is -0.0449. The molecule has 7 nitrogen and oxygen atoms in total. The maximum Gasteiger partial charge on any atom is 0.409 e. The molecule has 2 saturated heterocycles. The van der Waals surface area contributed by atoms with E-state index in [1.165, 1.54) is 11.8 Å². The molecule has 0 bridgehead atoms. The Morgan fingerprint density at radius 3 is 2.76 bits per heavy atom. The number of piperidine rings is 1. The molecule has 2 rings (SSSR count). The van der Waals surface area contributed by atoms with Crippen molar-refractivity contribution in [2.24, 2.45) is 0 Å². The van der Waals surface area contributed by atoms with Gasteiger partial charge >= 0.3 is 6.09 Å². The summed E-state index contributed by atoms with van der Waals surface area (Å²) in [4.78, 5) is 36.6. The van der Waals surface area contributed by atoms with Crippen molar-refractivity contribution in [1.29, 1.82) is 0 Å². The Morgan fingerprint density at radius 2 is 2.14 bits per heavy atom. The number of amides is 3. The van der Waals surface area contributed by atoms with Gasteiger partial charge in [0.05, 0.1) is 12.4 Å². The first-order chi connectivity index (χ1) is 10.1. The SMILES string of the molecule is CCOC(=O)N1CCC(NC(=O)C2CSCC(=O)N2)CC1. The summed E-state index contributed by atoms with van der Waals surface area (Å²) in [7, 11) is 0. The number of carbonyl (C=O) groups is 3. The second-order valence-electron chi connectivity index (χ2n) is 5.10. The van der Waals surface area contributed by atoms with Gasteiger partial charge in [-0.25, -0.2) is 4.79 Å². The van der Waals surface area contributed by atoms with Gasteiger partial charge < -0.3 is 20.3 Å². The van der Waals surface area contributed by atoms with E-state index in [1.807, 2.05) is 0 Å². The van der Waals surface area contributed by atoms with Crippen LogP contribution in [0, 0.1) is 0 Å².